The molecule has 0 saturated heterocycles. The van der Waals surface area contributed by atoms with Crippen molar-refractivity contribution in [1.29, 1.82) is 0 Å². The average Bonchev–Trinajstić information content (AvgIpc) is 2.16. The molecule has 0 saturated carbocycles. The number of hydrogen-bond donors (Lipinski definition) is 0. The highest BCUT2D eigenvalue weighted by Crippen LogP contribution is 2.29. The number of rotatable bonds is 3. The molecule has 88 valence electrons. The first-order valence-corrected chi connectivity index (χ1v) is 6.36. The molecule has 1 aliphatic heterocycles. The zero-order valence-corrected chi connectivity index (χ0v) is 11.3. The third-order valence-corrected chi connectivity index (χ3v) is 3.94. The van der Waals surface area contributed by atoms with E-state index in [0.29, 0.717) is 6.04 Å². The highest BCUT2D eigenvalue weighted by atomic mass is 15.1. The summed E-state index contributed by atoms with van der Waals surface area (Å²) >= 11 is 0. The molecule has 1 atom stereocenters. The van der Waals surface area contributed by atoms with Gasteiger partial charge in [0, 0.05) is 19.1 Å². The summed E-state index contributed by atoms with van der Waals surface area (Å²) in [5.74, 6) is 1.54. The molecule has 1 nitrogen and oxygen atoms in total. The summed E-state index contributed by atoms with van der Waals surface area (Å²) in [5, 5.41) is 0. The molecule has 0 aromatic heterocycles. The van der Waals surface area contributed by atoms with E-state index < -0.39 is 0 Å². The number of nitrogens with zero attached hydrogens (tertiary/aromatic N) is 1. The van der Waals surface area contributed by atoms with Gasteiger partial charge in [-0.05, 0) is 39.0 Å². The minimum Gasteiger partial charge on any atom is -0.297 e. The minimum absolute atomic E-state index is 0.691. The highest BCUT2D eigenvalue weighted by Gasteiger charge is 2.22. The van der Waals surface area contributed by atoms with Crippen LogP contribution < -0.4 is 0 Å². The monoisotopic (exact) mass is 209 g/mol. The van der Waals surface area contributed by atoms with Gasteiger partial charge in [0.25, 0.3) is 0 Å². The minimum atomic E-state index is 0.691. The molecule has 0 aromatic carbocycles. The van der Waals surface area contributed by atoms with Crippen LogP contribution in [0.4, 0.5) is 0 Å². The Morgan fingerprint density at radius 3 is 2.07 bits per heavy atom. The van der Waals surface area contributed by atoms with Gasteiger partial charge in [-0.1, -0.05) is 31.9 Å². The van der Waals surface area contributed by atoms with E-state index in [-0.39, 0.29) is 0 Å². The second kappa shape index (κ2) is 5.16. The van der Waals surface area contributed by atoms with E-state index in [9.17, 15) is 0 Å². The van der Waals surface area contributed by atoms with Gasteiger partial charge >= 0.3 is 0 Å². The summed E-state index contributed by atoms with van der Waals surface area (Å²) in [6, 6.07) is 0.691. The first-order chi connectivity index (χ1) is 6.93. The normalized spacial score (nSPS) is 21.6. The fourth-order valence-electron chi connectivity index (χ4n) is 2.42. The van der Waals surface area contributed by atoms with Crippen LogP contribution in [0.1, 0.15) is 48.0 Å². The van der Waals surface area contributed by atoms with Crippen LogP contribution in [-0.2, 0) is 0 Å². The Kier molecular flexibility index (Phi) is 4.39. The summed E-state index contributed by atoms with van der Waals surface area (Å²) in [4.78, 5) is 2.58. The van der Waals surface area contributed by atoms with Gasteiger partial charge in [0.2, 0.25) is 0 Å². The van der Waals surface area contributed by atoms with Crippen molar-refractivity contribution in [3.63, 3.8) is 0 Å². The third kappa shape index (κ3) is 3.07. The molecule has 1 rings (SSSR count). The van der Waals surface area contributed by atoms with Crippen LogP contribution in [0.25, 0.3) is 0 Å². The molecule has 1 heteroatoms. The van der Waals surface area contributed by atoms with Gasteiger partial charge in [-0.15, -0.1) is 0 Å². The summed E-state index contributed by atoms with van der Waals surface area (Å²) < 4.78 is 0. The standard InChI is InChI=1S/C14H27N/c1-10(2)13(6)14-7-8-15(11(3)4)9-12(14)5/h10-11,13H,7-9H2,1-6H3. The van der Waals surface area contributed by atoms with Gasteiger partial charge in [-0.3, -0.25) is 4.90 Å². The number of hydrogen-bond acceptors (Lipinski definition) is 1. The Labute approximate surface area is 95.5 Å². The van der Waals surface area contributed by atoms with Crippen molar-refractivity contribution in [2.45, 2.75) is 54.0 Å². The van der Waals surface area contributed by atoms with Crippen molar-refractivity contribution < 1.29 is 0 Å². The molecule has 0 radical (unpaired) electrons. The van der Waals surface area contributed by atoms with Crippen LogP contribution in [0.5, 0.6) is 0 Å². The second-order valence-corrected chi connectivity index (χ2v) is 5.65. The van der Waals surface area contributed by atoms with Crippen LogP contribution >= 0.6 is 0 Å². The summed E-state index contributed by atoms with van der Waals surface area (Å²) in [7, 11) is 0. The first kappa shape index (κ1) is 12.8. The smallest absolute Gasteiger partial charge is 0.0195 e. The van der Waals surface area contributed by atoms with E-state index >= 15 is 0 Å². The lowest BCUT2D eigenvalue weighted by atomic mass is 9.83. The summed E-state index contributed by atoms with van der Waals surface area (Å²) in [6.07, 6.45) is 1.28. The second-order valence-electron chi connectivity index (χ2n) is 5.65. The molecule has 1 aliphatic rings. The Morgan fingerprint density at radius 2 is 1.67 bits per heavy atom. The molecule has 0 N–H and O–H groups in total. The van der Waals surface area contributed by atoms with Crippen molar-refractivity contribution in [2.24, 2.45) is 11.8 Å². The fourth-order valence-corrected chi connectivity index (χ4v) is 2.42. The summed E-state index contributed by atoms with van der Waals surface area (Å²) in [6.45, 7) is 16.4. The van der Waals surface area contributed by atoms with E-state index in [0.717, 1.165) is 11.8 Å². The van der Waals surface area contributed by atoms with Crippen LogP contribution in [0, 0.1) is 11.8 Å². The Balaban J connectivity index is 2.72. The van der Waals surface area contributed by atoms with E-state index in [1.54, 1.807) is 11.1 Å². The third-order valence-electron chi connectivity index (χ3n) is 3.94. The van der Waals surface area contributed by atoms with Crippen molar-refractivity contribution in [2.75, 3.05) is 13.1 Å². The molecular formula is C14H27N. The Bertz CT molecular complexity index is 238. The van der Waals surface area contributed by atoms with Crippen molar-refractivity contribution in [3.05, 3.63) is 11.1 Å². The molecule has 0 aromatic rings. The lowest BCUT2D eigenvalue weighted by Crippen LogP contribution is -2.37. The lowest BCUT2D eigenvalue weighted by Gasteiger charge is -2.35. The molecule has 1 heterocycles. The maximum absolute atomic E-state index is 2.58. The van der Waals surface area contributed by atoms with Gasteiger partial charge in [0.1, 0.15) is 0 Å². The van der Waals surface area contributed by atoms with Gasteiger partial charge in [0.15, 0.2) is 0 Å². The van der Waals surface area contributed by atoms with Crippen LogP contribution in [0.15, 0.2) is 11.1 Å². The molecule has 15 heavy (non-hydrogen) atoms. The topological polar surface area (TPSA) is 3.24 Å². The van der Waals surface area contributed by atoms with Gasteiger partial charge in [-0.25, -0.2) is 0 Å². The van der Waals surface area contributed by atoms with Crippen LogP contribution in [0.2, 0.25) is 0 Å². The van der Waals surface area contributed by atoms with Crippen molar-refractivity contribution >= 4 is 0 Å². The van der Waals surface area contributed by atoms with Crippen molar-refractivity contribution in [1.82, 2.24) is 4.90 Å². The molecule has 0 spiro atoms. The summed E-state index contributed by atoms with van der Waals surface area (Å²) in [5.41, 5.74) is 3.35. The highest BCUT2D eigenvalue weighted by molar-refractivity contribution is 5.20. The molecule has 0 amide bonds. The predicted octanol–water partition coefficient (Wildman–Crippen LogP) is 3.71. The Morgan fingerprint density at radius 1 is 1.07 bits per heavy atom. The maximum Gasteiger partial charge on any atom is 0.0195 e. The SMILES string of the molecule is CC1=C(C(C)C(C)C)CCN(C(C)C)C1. The zero-order valence-electron chi connectivity index (χ0n) is 11.3. The van der Waals surface area contributed by atoms with Gasteiger partial charge in [0.05, 0.1) is 0 Å². The molecule has 0 fully saturated rings. The average molecular weight is 209 g/mol. The molecule has 0 aliphatic carbocycles. The van der Waals surface area contributed by atoms with Gasteiger partial charge in [-0.2, -0.15) is 0 Å². The molecule has 0 bridgehead atoms. The quantitative estimate of drug-likeness (QED) is 0.640. The van der Waals surface area contributed by atoms with E-state index in [1.165, 1.54) is 19.5 Å². The zero-order chi connectivity index (χ0) is 11.6. The largest absolute Gasteiger partial charge is 0.297 e. The fraction of sp³-hybridized carbons (Fsp3) is 0.857. The molecular weight excluding hydrogens is 182 g/mol. The first-order valence-electron chi connectivity index (χ1n) is 6.36. The maximum atomic E-state index is 2.58. The van der Waals surface area contributed by atoms with Crippen molar-refractivity contribution in [3.8, 4) is 0 Å². The Hall–Kier alpha value is -0.300. The van der Waals surface area contributed by atoms with E-state index in [1.807, 2.05) is 0 Å². The van der Waals surface area contributed by atoms with E-state index in [2.05, 4.69) is 46.4 Å². The molecule has 1 unspecified atom stereocenters. The predicted molar refractivity (Wildman–Crippen MR) is 68.0 cm³/mol. The van der Waals surface area contributed by atoms with E-state index in [4.69, 9.17) is 0 Å². The van der Waals surface area contributed by atoms with Crippen LogP contribution in [0.3, 0.4) is 0 Å². The van der Waals surface area contributed by atoms with Gasteiger partial charge < -0.3 is 0 Å². The lowest BCUT2D eigenvalue weighted by molar-refractivity contribution is 0.224. The van der Waals surface area contributed by atoms with Crippen LogP contribution in [-0.4, -0.2) is 24.0 Å².